The highest BCUT2D eigenvalue weighted by Crippen LogP contribution is 2.37. The van der Waals surface area contributed by atoms with Crippen molar-refractivity contribution in [2.75, 3.05) is 0 Å². The summed E-state index contributed by atoms with van der Waals surface area (Å²) in [4.78, 5) is 12.5. The number of nitrogens with one attached hydrogen (secondary N) is 1. The summed E-state index contributed by atoms with van der Waals surface area (Å²) >= 11 is 12.3. The number of carbonyl (C=O) groups is 1. The maximum Gasteiger partial charge on any atom is 0.223 e. The molecule has 2 nitrogen and oxygen atoms in total. The predicted octanol–water partition coefficient (Wildman–Crippen LogP) is 5.92. The first kappa shape index (κ1) is 18.5. The van der Waals surface area contributed by atoms with Crippen LogP contribution >= 0.6 is 23.2 Å². The quantitative estimate of drug-likeness (QED) is 0.627. The van der Waals surface area contributed by atoms with Crippen LogP contribution in [0, 0.1) is 17.7 Å². The fraction of sp³-hybridized carbons (Fsp3) is 0.611. The van der Waals surface area contributed by atoms with E-state index >= 15 is 0 Å². The van der Waals surface area contributed by atoms with E-state index in [1.54, 1.807) is 0 Å². The summed E-state index contributed by atoms with van der Waals surface area (Å²) < 4.78 is 14.4. The molecule has 0 radical (unpaired) electrons. The maximum atomic E-state index is 14.4. The summed E-state index contributed by atoms with van der Waals surface area (Å²) in [5, 5.41) is 3.56. The molecule has 0 spiro atoms. The van der Waals surface area contributed by atoms with E-state index in [-0.39, 0.29) is 22.8 Å². The number of carbonyl (C=O) groups excluding carboxylic acids is 1. The van der Waals surface area contributed by atoms with Crippen LogP contribution in [0.4, 0.5) is 4.39 Å². The minimum atomic E-state index is -0.450. The monoisotopic (exact) mass is 359 g/mol. The normalized spacial score (nSPS) is 18.0. The van der Waals surface area contributed by atoms with E-state index in [0.29, 0.717) is 10.6 Å². The maximum absolute atomic E-state index is 14.4. The van der Waals surface area contributed by atoms with Gasteiger partial charge in [0.1, 0.15) is 5.82 Å². The molecule has 1 aromatic carbocycles. The van der Waals surface area contributed by atoms with Crippen LogP contribution in [0.25, 0.3) is 0 Å². The molecular formula is C18H24Cl2FNO. The third kappa shape index (κ3) is 4.39. The minimum absolute atomic E-state index is 0.00546. The molecule has 1 N–H and O–H groups in total. The Morgan fingerprint density at radius 1 is 1.35 bits per heavy atom. The molecule has 2 rings (SSSR count). The summed E-state index contributed by atoms with van der Waals surface area (Å²) in [5.41, 5.74) is 0.312. The molecule has 1 aliphatic carbocycles. The molecule has 0 aromatic heterocycles. The Labute approximate surface area is 147 Å². The second-order valence-corrected chi connectivity index (χ2v) is 7.28. The molecule has 0 saturated heterocycles. The Bertz CT molecular complexity index is 558. The van der Waals surface area contributed by atoms with Gasteiger partial charge in [0.05, 0.1) is 16.1 Å². The first-order chi connectivity index (χ1) is 11.0. The molecule has 5 heteroatoms. The molecule has 0 aliphatic heterocycles. The van der Waals surface area contributed by atoms with Gasteiger partial charge in [-0.2, -0.15) is 0 Å². The predicted molar refractivity (Wildman–Crippen MR) is 93.3 cm³/mol. The lowest BCUT2D eigenvalue weighted by molar-refractivity contribution is -0.126. The zero-order chi connectivity index (χ0) is 17.0. The van der Waals surface area contributed by atoms with Crippen molar-refractivity contribution in [3.8, 4) is 0 Å². The average Bonchev–Trinajstić information content (AvgIpc) is 3.05. The van der Waals surface area contributed by atoms with Gasteiger partial charge >= 0.3 is 0 Å². The number of hydrogen-bond donors (Lipinski definition) is 1. The van der Waals surface area contributed by atoms with Crippen molar-refractivity contribution in [2.45, 2.75) is 58.4 Å². The summed E-state index contributed by atoms with van der Waals surface area (Å²) in [5.74, 6) is -0.298. The largest absolute Gasteiger partial charge is 0.349 e. The van der Waals surface area contributed by atoms with Crippen molar-refractivity contribution >= 4 is 29.1 Å². The van der Waals surface area contributed by atoms with Gasteiger partial charge in [0.2, 0.25) is 5.91 Å². The number of rotatable bonds is 6. The number of amides is 1. The summed E-state index contributed by atoms with van der Waals surface area (Å²) in [6.07, 6.45) is 5.81. The SMILES string of the molecule is CCCC(C)C(NC(=O)C1CCCC1)c1c(F)ccc(Cl)c1Cl. The number of halogens is 3. The molecule has 1 saturated carbocycles. The molecule has 1 fully saturated rings. The van der Waals surface area contributed by atoms with Crippen LogP contribution in [0.1, 0.15) is 64.0 Å². The summed E-state index contributed by atoms with van der Waals surface area (Å²) in [6.45, 7) is 4.09. The smallest absolute Gasteiger partial charge is 0.223 e. The van der Waals surface area contributed by atoms with Crippen LogP contribution in [0.5, 0.6) is 0 Å². The zero-order valence-corrected chi connectivity index (χ0v) is 15.2. The third-order valence-corrected chi connectivity index (χ3v) is 5.55. The van der Waals surface area contributed by atoms with Crippen molar-refractivity contribution < 1.29 is 9.18 Å². The van der Waals surface area contributed by atoms with E-state index in [2.05, 4.69) is 12.2 Å². The minimum Gasteiger partial charge on any atom is -0.349 e. The zero-order valence-electron chi connectivity index (χ0n) is 13.7. The Morgan fingerprint density at radius 3 is 2.61 bits per heavy atom. The van der Waals surface area contributed by atoms with Crippen molar-refractivity contribution in [2.24, 2.45) is 11.8 Å². The molecular weight excluding hydrogens is 336 g/mol. The second kappa shape index (κ2) is 8.34. The van der Waals surface area contributed by atoms with Gasteiger partial charge in [-0.15, -0.1) is 0 Å². The van der Waals surface area contributed by atoms with Gasteiger partial charge in [-0.1, -0.05) is 56.3 Å². The van der Waals surface area contributed by atoms with E-state index in [4.69, 9.17) is 23.2 Å². The molecule has 0 bridgehead atoms. The van der Waals surface area contributed by atoms with E-state index in [9.17, 15) is 9.18 Å². The van der Waals surface area contributed by atoms with E-state index in [1.165, 1.54) is 12.1 Å². The van der Waals surface area contributed by atoms with Crippen LogP contribution < -0.4 is 5.32 Å². The first-order valence-corrected chi connectivity index (χ1v) is 9.15. The number of benzene rings is 1. The van der Waals surface area contributed by atoms with Crippen LogP contribution in [-0.4, -0.2) is 5.91 Å². The molecule has 1 amide bonds. The van der Waals surface area contributed by atoms with Gasteiger partial charge in [0, 0.05) is 11.5 Å². The van der Waals surface area contributed by atoms with Crippen LogP contribution in [0.15, 0.2) is 12.1 Å². The van der Waals surface area contributed by atoms with Crippen molar-refractivity contribution in [1.82, 2.24) is 5.32 Å². The van der Waals surface area contributed by atoms with E-state index in [0.717, 1.165) is 38.5 Å². The molecule has 1 aromatic rings. The van der Waals surface area contributed by atoms with E-state index in [1.807, 2.05) is 6.92 Å². The van der Waals surface area contributed by atoms with Crippen molar-refractivity contribution in [3.05, 3.63) is 33.6 Å². The van der Waals surface area contributed by atoms with Gasteiger partial charge in [0.25, 0.3) is 0 Å². The number of hydrogen-bond acceptors (Lipinski definition) is 1. The van der Waals surface area contributed by atoms with Crippen LogP contribution in [0.3, 0.4) is 0 Å². The molecule has 0 heterocycles. The van der Waals surface area contributed by atoms with Gasteiger partial charge in [0.15, 0.2) is 0 Å². The van der Waals surface area contributed by atoms with Gasteiger partial charge < -0.3 is 5.32 Å². The molecule has 2 atom stereocenters. The van der Waals surface area contributed by atoms with Crippen molar-refractivity contribution in [3.63, 3.8) is 0 Å². The average molecular weight is 360 g/mol. The second-order valence-electron chi connectivity index (χ2n) is 6.49. The lowest BCUT2D eigenvalue weighted by Gasteiger charge is -2.28. The Hall–Kier alpha value is -0.800. The molecule has 1 aliphatic rings. The highest BCUT2D eigenvalue weighted by atomic mass is 35.5. The first-order valence-electron chi connectivity index (χ1n) is 8.39. The standard InChI is InChI=1S/C18H24Cl2FNO/c1-3-6-11(2)17(22-18(23)12-7-4-5-8-12)15-14(21)10-9-13(19)16(15)20/h9-12,17H,3-8H2,1-2H3,(H,22,23). The topological polar surface area (TPSA) is 29.1 Å². The lowest BCUT2D eigenvalue weighted by Crippen LogP contribution is -2.36. The van der Waals surface area contributed by atoms with E-state index < -0.39 is 11.9 Å². The fourth-order valence-electron chi connectivity index (χ4n) is 3.41. The third-order valence-electron chi connectivity index (χ3n) is 4.73. The van der Waals surface area contributed by atoms with Crippen LogP contribution in [0.2, 0.25) is 10.0 Å². The summed E-state index contributed by atoms with van der Waals surface area (Å²) in [7, 11) is 0. The Balaban J connectivity index is 2.30. The highest BCUT2D eigenvalue weighted by molar-refractivity contribution is 6.42. The van der Waals surface area contributed by atoms with Crippen molar-refractivity contribution in [1.29, 1.82) is 0 Å². The molecule has 23 heavy (non-hydrogen) atoms. The molecule has 128 valence electrons. The van der Waals surface area contributed by atoms with Gasteiger partial charge in [-0.25, -0.2) is 4.39 Å². The Kier molecular flexibility index (Phi) is 6.72. The lowest BCUT2D eigenvalue weighted by atomic mass is 9.89. The fourth-order valence-corrected chi connectivity index (χ4v) is 3.84. The molecule has 2 unspecified atom stereocenters. The Morgan fingerprint density at radius 2 is 2.00 bits per heavy atom. The highest BCUT2D eigenvalue weighted by Gasteiger charge is 2.30. The summed E-state index contributed by atoms with van der Waals surface area (Å²) in [6, 6.07) is 2.31. The van der Waals surface area contributed by atoms with Gasteiger partial charge in [-0.3, -0.25) is 4.79 Å². The van der Waals surface area contributed by atoms with Crippen LogP contribution in [-0.2, 0) is 4.79 Å². The van der Waals surface area contributed by atoms with Gasteiger partial charge in [-0.05, 0) is 37.3 Å².